The smallest absolute Gasteiger partial charge is 0.258 e. The number of aliphatic hydroxyl groups is 1. The Balaban J connectivity index is 2.20. The zero-order valence-corrected chi connectivity index (χ0v) is 10.9. The average molecular weight is 272 g/mol. The van der Waals surface area contributed by atoms with Crippen molar-refractivity contribution in [3.8, 4) is 5.75 Å². The highest BCUT2D eigenvalue weighted by Gasteiger charge is 2.18. The molecule has 0 atom stereocenters. The van der Waals surface area contributed by atoms with Crippen LogP contribution in [-0.2, 0) is 6.54 Å². The van der Waals surface area contributed by atoms with Gasteiger partial charge >= 0.3 is 0 Å². The number of carbonyl (C=O) groups is 1. The number of pyridine rings is 1. The van der Waals surface area contributed by atoms with Crippen molar-refractivity contribution in [2.45, 2.75) is 6.54 Å². The second-order valence-corrected chi connectivity index (χ2v) is 4.33. The molecular formula is C15H16N2O3. The molecule has 0 bridgehead atoms. The zero-order chi connectivity index (χ0) is 14.4. The molecule has 2 rings (SSSR count). The van der Waals surface area contributed by atoms with Crippen LogP contribution in [0.4, 0.5) is 0 Å². The molecule has 0 aliphatic rings. The lowest BCUT2D eigenvalue weighted by Gasteiger charge is -2.22. The fourth-order valence-corrected chi connectivity index (χ4v) is 1.91. The molecule has 1 aromatic heterocycles. The number of aliphatic hydroxyl groups excluding tert-OH is 1. The summed E-state index contributed by atoms with van der Waals surface area (Å²) >= 11 is 0. The molecule has 0 saturated carbocycles. The molecule has 0 radical (unpaired) electrons. The van der Waals surface area contributed by atoms with E-state index >= 15 is 0 Å². The quantitative estimate of drug-likeness (QED) is 0.863. The maximum atomic E-state index is 12.4. The normalized spacial score (nSPS) is 10.2. The van der Waals surface area contributed by atoms with Crippen molar-refractivity contribution in [2.24, 2.45) is 0 Å². The van der Waals surface area contributed by atoms with Crippen LogP contribution < -0.4 is 0 Å². The lowest BCUT2D eigenvalue weighted by atomic mass is 10.1. The molecule has 0 saturated heterocycles. The summed E-state index contributed by atoms with van der Waals surface area (Å²) in [5.74, 6) is -0.490. The summed E-state index contributed by atoms with van der Waals surface area (Å²) < 4.78 is 0. The molecule has 1 amide bonds. The van der Waals surface area contributed by atoms with E-state index in [2.05, 4.69) is 4.98 Å². The van der Waals surface area contributed by atoms with Crippen LogP contribution in [0, 0.1) is 0 Å². The van der Waals surface area contributed by atoms with Gasteiger partial charge in [-0.05, 0) is 11.6 Å². The van der Waals surface area contributed by atoms with Crippen LogP contribution in [-0.4, -0.2) is 39.2 Å². The minimum atomic E-state index is -0.331. The maximum absolute atomic E-state index is 12.4. The first-order valence-electron chi connectivity index (χ1n) is 6.29. The van der Waals surface area contributed by atoms with Gasteiger partial charge in [-0.15, -0.1) is 0 Å². The van der Waals surface area contributed by atoms with Crippen molar-refractivity contribution in [1.29, 1.82) is 0 Å². The van der Waals surface area contributed by atoms with Crippen molar-refractivity contribution < 1.29 is 15.0 Å². The predicted octanol–water partition coefficient (Wildman–Crippen LogP) is 1.42. The fourth-order valence-electron chi connectivity index (χ4n) is 1.91. The molecule has 0 fully saturated rings. The van der Waals surface area contributed by atoms with Crippen molar-refractivity contribution in [1.82, 2.24) is 9.88 Å². The van der Waals surface area contributed by atoms with E-state index in [1.807, 2.05) is 30.3 Å². The van der Waals surface area contributed by atoms with Gasteiger partial charge in [-0.3, -0.25) is 9.78 Å². The summed E-state index contributed by atoms with van der Waals surface area (Å²) in [4.78, 5) is 17.6. The van der Waals surface area contributed by atoms with E-state index in [0.717, 1.165) is 5.56 Å². The SMILES string of the molecule is O=C(c1ccncc1O)N(CCO)Cc1ccccc1. The number of hydrogen-bond acceptors (Lipinski definition) is 4. The standard InChI is InChI=1S/C15H16N2O3/c18-9-8-17(11-12-4-2-1-3-5-12)15(20)13-6-7-16-10-14(13)19/h1-7,10,18-19H,8-9,11H2. The van der Waals surface area contributed by atoms with Crippen molar-refractivity contribution >= 4 is 5.91 Å². The average Bonchev–Trinajstić information content (AvgIpc) is 2.48. The number of benzene rings is 1. The van der Waals surface area contributed by atoms with E-state index in [-0.39, 0.29) is 30.4 Å². The summed E-state index contributed by atoms with van der Waals surface area (Å²) in [6.45, 7) is 0.446. The molecule has 0 unspecified atom stereocenters. The molecule has 0 spiro atoms. The number of rotatable bonds is 5. The molecule has 0 aliphatic heterocycles. The monoisotopic (exact) mass is 272 g/mol. The molecule has 2 N–H and O–H groups in total. The van der Waals surface area contributed by atoms with Gasteiger partial charge in [0.25, 0.3) is 5.91 Å². The summed E-state index contributed by atoms with van der Waals surface area (Å²) in [7, 11) is 0. The Bertz CT molecular complexity index is 572. The van der Waals surface area contributed by atoms with Gasteiger partial charge in [-0.25, -0.2) is 0 Å². The molecule has 20 heavy (non-hydrogen) atoms. The highest BCUT2D eigenvalue weighted by molar-refractivity contribution is 5.96. The second kappa shape index (κ2) is 6.68. The van der Waals surface area contributed by atoms with Gasteiger partial charge in [-0.2, -0.15) is 0 Å². The molecular weight excluding hydrogens is 256 g/mol. The molecule has 104 valence electrons. The van der Waals surface area contributed by atoms with Crippen LogP contribution in [0.5, 0.6) is 5.75 Å². The Morgan fingerprint density at radius 3 is 2.60 bits per heavy atom. The van der Waals surface area contributed by atoms with Gasteiger partial charge in [0.1, 0.15) is 5.75 Å². The third kappa shape index (κ3) is 3.33. The van der Waals surface area contributed by atoms with Crippen LogP contribution in [0.15, 0.2) is 48.8 Å². The van der Waals surface area contributed by atoms with Gasteiger partial charge < -0.3 is 15.1 Å². The van der Waals surface area contributed by atoms with E-state index < -0.39 is 0 Å². The third-order valence-electron chi connectivity index (χ3n) is 2.90. The number of aromatic nitrogens is 1. The minimum Gasteiger partial charge on any atom is -0.505 e. The summed E-state index contributed by atoms with van der Waals surface area (Å²) in [6, 6.07) is 11.0. The first-order valence-corrected chi connectivity index (χ1v) is 6.29. The molecule has 5 heteroatoms. The Kier molecular flexibility index (Phi) is 4.68. The van der Waals surface area contributed by atoms with Gasteiger partial charge in [0.15, 0.2) is 0 Å². The van der Waals surface area contributed by atoms with Crippen LogP contribution in [0.3, 0.4) is 0 Å². The first-order chi connectivity index (χ1) is 9.72. The van der Waals surface area contributed by atoms with Gasteiger partial charge in [-0.1, -0.05) is 30.3 Å². The largest absolute Gasteiger partial charge is 0.505 e. The minimum absolute atomic E-state index is 0.135. The summed E-state index contributed by atoms with van der Waals surface area (Å²) in [5.41, 5.74) is 1.15. The van der Waals surface area contributed by atoms with Gasteiger partial charge in [0.05, 0.1) is 18.4 Å². The molecule has 2 aromatic rings. The Hall–Kier alpha value is -2.40. The molecule has 0 aliphatic carbocycles. The Morgan fingerprint density at radius 1 is 1.20 bits per heavy atom. The van der Waals surface area contributed by atoms with E-state index in [9.17, 15) is 9.90 Å². The maximum Gasteiger partial charge on any atom is 0.258 e. The van der Waals surface area contributed by atoms with Gasteiger partial charge in [0.2, 0.25) is 0 Å². The predicted molar refractivity (Wildman–Crippen MR) is 74.2 cm³/mol. The highest BCUT2D eigenvalue weighted by atomic mass is 16.3. The first kappa shape index (κ1) is 14.0. The Labute approximate surface area is 117 Å². The van der Waals surface area contributed by atoms with E-state index in [0.29, 0.717) is 6.54 Å². The molecule has 5 nitrogen and oxygen atoms in total. The van der Waals surface area contributed by atoms with Crippen molar-refractivity contribution in [2.75, 3.05) is 13.2 Å². The number of hydrogen-bond donors (Lipinski definition) is 2. The number of carbonyl (C=O) groups excluding carboxylic acids is 1. The van der Waals surface area contributed by atoms with Crippen molar-refractivity contribution in [3.63, 3.8) is 0 Å². The van der Waals surface area contributed by atoms with Gasteiger partial charge in [0, 0.05) is 19.3 Å². The fraction of sp³-hybridized carbons (Fsp3) is 0.200. The third-order valence-corrected chi connectivity index (χ3v) is 2.90. The van der Waals surface area contributed by atoms with E-state index in [1.54, 1.807) is 0 Å². The lowest BCUT2D eigenvalue weighted by molar-refractivity contribution is 0.0704. The zero-order valence-electron chi connectivity index (χ0n) is 10.9. The highest BCUT2D eigenvalue weighted by Crippen LogP contribution is 2.17. The summed E-state index contributed by atoms with van der Waals surface area (Å²) in [5, 5.41) is 18.8. The molecule has 1 aromatic carbocycles. The van der Waals surface area contributed by atoms with E-state index in [1.165, 1.54) is 23.4 Å². The van der Waals surface area contributed by atoms with Crippen LogP contribution in [0.25, 0.3) is 0 Å². The lowest BCUT2D eigenvalue weighted by Crippen LogP contribution is -2.33. The number of aromatic hydroxyl groups is 1. The van der Waals surface area contributed by atoms with Crippen LogP contribution >= 0.6 is 0 Å². The van der Waals surface area contributed by atoms with Crippen molar-refractivity contribution in [3.05, 3.63) is 59.9 Å². The number of amides is 1. The Morgan fingerprint density at radius 2 is 1.95 bits per heavy atom. The topological polar surface area (TPSA) is 73.7 Å². The van der Waals surface area contributed by atoms with E-state index in [4.69, 9.17) is 5.11 Å². The molecule has 1 heterocycles. The summed E-state index contributed by atoms with van der Waals surface area (Å²) in [6.07, 6.45) is 2.68. The van der Waals surface area contributed by atoms with Crippen LogP contribution in [0.2, 0.25) is 0 Å². The van der Waals surface area contributed by atoms with Crippen LogP contribution in [0.1, 0.15) is 15.9 Å². The second-order valence-electron chi connectivity index (χ2n) is 4.33. The number of nitrogens with zero attached hydrogens (tertiary/aromatic N) is 2.